The number of hydrogen-bond acceptors (Lipinski definition) is 3. The van der Waals surface area contributed by atoms with Gasteiger partial charge < -0.3 is 5.32 Å². The summed E-state index contributed by atoms with van der Waals surface area (Å²) in [7, 11) is 0. The van der Waals surface area contributed by atoms with Crippen LogP contribution in [0.25, 0.3) is 11.4 Å². The van der Waals surface area contributed by atoms with Gasteiger partial charge in [0.25, 0.3) is 0 Å². The molecule has 0 saturated carbocycles. The molecule has 1 heterocycles. The summed E-state index contributed by atoms with van der Waals surface area (Å²) in [6, 6.07) is 8.50. The zero-order valence-corrected chi connectivity index (χ0v) is 12.8. The molecule has 3 nitrogen and oxygen atoms in total. The maximum Gasteiger partial charge on any atom is 0.161 e. The van der Waals surface area contributed by atoms with E-state index >= 15 is 0 Å². The molecule has 0 aliphatic heterocycles. The summed E-state index contributed by atoms with van der Waals surface area (Å²) in [5, 5.41) is 3.39. The van der Waals surface area contributed by atoms with E-state index in [1.807, 2.05) is 6.92 Å². The number of nitrogens with zero attached hydrogens (tertiary/aromatic N) is 2. The minimum absolute atomic E-state index is 0.800. The number of hydrogen-bond donors (Lipinski definition) is 1. The minimum atomic E-state index is 0.800. The van der Waals surface area contributed by atoms with Gasteiger partial charge in [0.15, 0.2) is 5.82 Å². The lowest BCUT2D eigenvalue weighted by Gasteiger charge is -2.12. The molecule has 1 N–H and O–H groups in total. The molecule has 106 valence electrons. The Balaban J connectivity index is 2.37. The molecule has 0 bridgehead atoms. The zero-order valence-electron chi connectivity index (χ0n) is 12.8. The first-order chi connectivity index (χ1) is 9.65. The summed E-state index contributed by atoms with van der Waals surface area (Å²) < 4.78 is 0. The van der Waals surface area contributed by atoms with E-state index in [1.54, 1.807) is 0 Å². The number of rotatable bonds is 5. The van der Waals surface area contributed by atoms with Gasteiger partial charge in [0, 0.05) is 23.4 Å². The summed E-state index contributed by atoms with van der Waals surface area (Å²) in [5.74, 6) is 1.75. The van der Waals surface area contributed by atoms with Crippen LogP contribution in [0.3, 0.4) is 0 Å². The second-order valence-corrected chi connectivity index (χ2v) is 5.08. The van der Waals surface area contributed by atoms with Crippen LogP contribution in [-0.4, -0.2) is 16.5 Å². The van der Waals surface area contributed by atoms with Crippen molar-refractivity contribution in [3.63, 3.8) is 0 Å². The Kier molecular flexibility index (Phi) is 4.72. The van der Waals surface area contributed by atoms with Crippen molar-refractivity contribution in [2.45, 2.75) is 40.5 Å². The molecule has 0 spiro atoms. The highest BCUT2D eigenvalue weighted by molar-refractivity contribution is 5.60. The maximum atomic E-state index is 4.67. The quantitative estimate of drug-likeness (QED) is 0.886. The third-order valence-corrected chi connectivity index (χ3v) is 3.55. The van der Waals surface area contributed by atoms with Gasteiger partial charge in [-0.3, -0.25) is 0 Å². The van der Waals surface area contributed by atoms with Gasteiger partial charge in [-0.15, -0.1) is 0 Å². The van der Waals surface area contributed by atoms with E-state index in [-0.39, 0.29) is 0 Å². The van der Waals surface area contributed by atoms with Gasteiger partial charge in [-0.25, -0.2) is 9.97 Å². The van der Waals surface area contributed by atoms with Crippen LogP contribution in [0.1, 0.15) is 37.1 Å². The molecule has 0 amide bonds. The molecule has 3 heteroatoms. The van der Waals surface area contributed by atoms with Crippen LogP contribution < -0.4 is 5.32 Å². The predicted molar refractivity (Wildman–Crippen MR) is 85.1 cm³/mol. The van der Waals surface area contributed by atoms with Crippen molar-refractivity contribution in [3.8, 4) is 11.4 Å². The number of anilines is 1. The molecule has 2 aromatic rings. The van der Waals surface area contributed by atoms with Crippen LogP contribution in [0.4, 0.5) is 5.82 Å². The highest BCUT2D eigenvalue weighted by Gasteiger charge is 2.09. The van der Waals surface area contributed by atoms with E-state index in [0.717, 1.165) is 47.8 Å². The number of aryl methyl sites for hydroxylation is 2. The standard InChI is InChI=1S/C17H23N3/c1-5-11-18-16-12(3)13(4)19-17(20-16)15-9-7-14(6-2)8-10-15/h7-10H,5-6,11H2,1-4H3,(H,18,19,20). The van der Waals surface area contributed by atoms with Crippen molar-refractivity contribution in [2.75, 3.05) is 11.9 Å². The van der Waals surface area contributed by atoms with E-state index < -0.39 is 0 Å². The van der Waals surface area contributed by atoms with Gasteiger partial charge in [-0.2, -0.15) is 0 Å². The van der Waals surface area contributed by atoms with Crippen LogP contribution >= 0.6 is 0 Å². The largest absolute Gasteiger partial charge is 0.370 e. The molecule has 0 atom stereocenters. The van der Waals surface area contributed by atoms with Crippen molar-refractivity contribution in [1.82, 2.24) is 9.97 Å². The second kappa shape index (κ2) is 6.51. The molecule has 0 fully saturated rings. The lowest BCUT2D eigenvalue weighted by Crippen LogP contribution is -2.07. The maximum absolute atomic E-state index is 4.67. The first-order valence-electron chi connectivity index (χ1n) is 7.34. The zero-order chi connectivity index (χ0) is 14.5. The second-order valence-electron chi connectivity index (χ2n) is 5.08. The summed E-state index contributed by atoms with van der Waals surface area (Å²) in [4.78, 5) is 9.29. The van der Waals surface area contributed by atoms with E-state index in [2.05, 4.69) is 60.3 Å². The van der Waals surface area contributed by atoms with E-state index in [1.165, 1.54) is 5.56 Å². The Morgan fingerprint density at radius 3 is 2.30 bits per heavy atom. The third-order valence-electron chi connectivity index (χ3n) is 3.55. The molecule has 1 aromatic carbocycles. The Morgan fingerprint density at radius 2 is 1.70 bits per heavy atom. The highest BCUT2D eigenvalue weighted by Crippen LogP contribution is 2.22. The molecular weight excluding hydrogens is 246 g/mol. The Hall–Kier alpha value is -1.90. The fraction of sp³-hybridized carbons (Fsp3) is 0.412. The molecule has 2 rings (SSSR count). The van der Waals surface area contributed by atoms with E-state index in [9.17, 15) is 0 Å². The molecule has 1 aromatic heterocycles. The van der Waals surface area contributed by atoms with E-state index in [4.69, 9.17) is 0 Å². The van der Waals surface area contributed by atoms with Gasteiger partial charge in [0.05, 0.1) is 0 Å². The van der Waals surface area contributed by atoms with Crippen LogP contribution in [0.2, 0.25) is 0 Å². The number of aromatic nitrogens is 2. The smallest absolute Gasteiger partial charge is 0.161 e. The topological polar surface area (TPSA) is 37.8 Å². The first kappa shape index (κ1) is 14.5. The fourth-order valence-corrected chi connectivity index (χ4v) is 2.06. The van der Waals surface area contributed by atoms with E-state index in [0.29, 0.717) is 0 Å². The number of benzene rings is 1. The predicted octanol–water partition coefficient (Wildman–Crippen LogP) is 4.14. The van der Waals surface area contributed by atoms with Gasteiger partial charge in [-0.1, -0.05) is 38.1 Å². The van der Waals surface area contributed by atoms with Crippen molar-refractivity contribution in [2.24, 2.45) is 0 Å². The summed E-state index contributed by atoms with van der Waals surface area (Å²) >= 11 is 0. The molecular formula is C17H23N3. The number of nitrogens with one attached hydrogen (secondary N) is 1. The van der Waals surface area contributed by atoms with Crippen LogP contribution in [0.5, 0.6) is 0 Å². The lowest BCUT2D eigenvalue weighted by atomic mass is 10.1. The molecule has 0 unspecified atom stereocenters. The Labute approximate surface area is 121 Å². The van der Waals surface area contributed by atoms with Crippen molar-refractivity contribution >= 4 is 5.82 Å². The molecule has 20 heavy (non-hydrogen) atoms. The fourth-order valence-electron chi connectivity index (χ4n) is 2.06. The monoisotopic (exact) mass is 269 g/mol. The molecule has 0 radical (unpaired) electrons. The third kappa shape index (κ3) is 3.16. The lowest BCUT2D eigenvalue weighted by molar-refractivity contribution is 0.954. The average molecular weight is 269 g/mol. The summed E-state index contributed by atoms with van der Waals surface area (Å²) in [6.45, 7) is 9.36. The van der Waals surface area contributed by atoms with Crippen LogP contribution in [-0.2, 0) is 6.42 Å². The Bertz CT molecular complexity index is 574. The Morgan fingerprint density at radius 1 is 1.00 bits per heavy atom. The summed E-state index contributed by atoms with van der Waals surface area (Å²) in [6.07, 6.45) is 2.14. The van der Waals surface area contributed by atoms with Crippen molar-refractivity contribution in [1.29, 1.82) is 0 Å². The van der Waals surface area contributed by atoms with Crippen molar-refractivity contribution in [3.05, 3.63) is 41.1 Å². The molecule has 0 aliphatic rings. The first-order valence-corrected chi connectivity index (χ1v) is 7.34. The highest BCUT2D eigenvalue weighted by atomic mass is 15.0. The normalized spacial score (nSPS) is 10.6. The van der Waals surface area contributed by atoms with Gasteiger partial charge in [0.1, 0.15) is 5.82 Å². The summed E-state index contributed by atoms with van der Waals surface area (Å²) in [5.41, 5.74) is 4.58. The van der Waals surface area contributed by atoms with Gasteiger partial charge in [-0.05, 0) is 32.3 Å². The average Bonchev–Trinajstić information content (AvgIpc) is 2.48. The minimum Gasteiger partial charge on any atom is -0.370 e. The van der Waals surface area contributed by atoms with Gasteiger partial charge in [0.2, 0.25) is 0 Å². The van der Waals surface area contributed by atoms with Crippen LogP contribution in [0, 0.1) is 13.8 Å². The molecule has 0 saturated heterocycles. The van der Waals surface area contributed by atoms with Crippen molar-refractivity contribution < 1.29 is 0 Å². The SMILES string of the molecule is CCCNc1nc(-c2ccc(CC)cc2)nc(C)c1C. The molecule has 0 aliphatic carbocycles. The van der Waals surface area contributed by atoms with Crippen LogP contribution in [0.15, 0.2) is 24.3 Å². The van der Waals surface area contributed by atoms with Gasteiger partial charge >= 0.3 is 0 Å².